The molecule has 0 amide bonds. The summed E-state index contributed by atoms with van der Waals surface area (Å²) in [4.78, 5) is 9.65. The van der Waals surface area contributed by atoms with E-state index in [1.165, 1.54) is 0 Å². The van der Waals surface area contributed by atoms with Gasteiger partial charge in [-0.05, 0) is 0 Å². The van der Waals surface area contributed by atoms with Crippen molar-refractivity contribution >= 4 is 25.7 Å². The SMILES string of the molecule is C[N](C)[Sn][CH]=O. The zero-order valence-electron chi connectivity index (χ0n) is 3.93. The van der Waals surface area contributed by atoms with Crippen LogP contribution < -0.4 is 0 Å². The molecule has 0 rings (SSSR count). The Morgan fingerprint density at radius 1 is 1.67 bits per heavy atom. The normalized spacial score (nSPS) is 9.17. The van der Waals surface area contributed by atoms with Crippen LogP contribution >= 0.6 is 0 Å². The fourth-order valence-electron chi connectivity index (χ4n) is 0.105. The summed E-state index contributed by atoms with van der Waals surface area (Å²) in [7, 11) is 3.86. The molecule has 0 atom stereocenters. The summed E-state index contributed by atoms with van der Waals surface area (Å²) in [5, 5.41) is 0. The van der Waals surface area contributed by atoms with Crippen molar-refractivity contribution in [3.63, 3.8) is 0 Å². The molecule has 6 heavy (non-hydrogen) atoms. The van der Waals surface area contributed by atoms with Gasteiger partial charge < -0.3 is 0 Å². The van der Waals surface area contributed by atoms with Crippen LogP contribution in [0.3, 0.4) is 0 Å². The Balaban J connectivity index is 2.81. The van der Waals surface area contributed by atoms with E-state index in [4.69, 9.17) is 0 Å². The summed E-state index contributed by atoms with van der Waals surface area (Å²) in [5.74, 6) is 0. The van der Waals surface area contributed by atoms with Gasteiger partial charge in [-0.2, -0.15) is 0 Å². The van der Waals surface area contributed by atoms with Gasteiger partial charge in [0.2, 0.25) is 0 Å². The molecule has 3 heteroatoms. The first-order valence-corrected chi connectivity index (χ1v) is 4.57. The molecule has 0 saturated heterocycles. The quantitative estimate of drug-likeness (QED) is 0.428. The molecule has 2 nitrogen and oxygen atoms in total. The Morgan fingerprint density at radius 2 is 2.17 bits per heavy atom. The van der Waals surface area contributed by atoms with Gasteiger partial charge in [0.05, 0.1) is 0 Å². The van der Waals surface area contributed by atoms with E-state index in [0.29, 0.717) is 0 Å². The zero-order valence-corrected chi connectivity index (χ0v) is 6.79. The van der Waals surface area contributed by atoms with Crippen LogP contribution in [0, 0.1) is 0 Å². The summed E-state index contributed by atoms with van der Waals surface area (Å²) in [6, 6.07) is 0. The molecule has 0 spiro atoms. The number of rotatable bonds is 2. The molecule has 0 aliphatic heterocycles. The molecule has 2 radical (unpaired) electrons. The predicted octanol–water partition coefficient (Wildman–Crippen LogP) is -0.643. The van der Waals surface area contributed by atoms with E-state index in [9.17, 15) is 4.79 Å². The summed E-state index contributed by atoms with van der Waals surface area (Å²) < 4.78 is 3.03. The van der Waals surface area contributed by atoms with Crippen LogP contribution in [-0.4, -0.2) is 42.9 Å². The van der Waals surface area contributed by atoms with Crippen LogP contribution in [0.15, 0.2) is 0 Å². The van der Waals surface area contributed by atoms with E-state index in [0.717, 1.165) is 4.30 Å². The maximum absolute atomic E-state index is 9.65. The van der Waals surface area contributed by atoms with Crippen LogP contribution in [0.5, 0.6) is 0 Å². The van der Waals surface area contributed by atoms with E-state index in [2.05, 4.69) is 0 Å². The molecule has 0 saturated carbocycles. The predicted molar refractivity (Wildman–Crippen MR) is 26.2 cm³/mol. The summed E-state index contributed by atoms with van der Waals surface area (Å²) in [6.07, 6.45) is 0. The average Bonchev–Trinajstić information content (AvgIpc) is 1.35. The first-order valence-electron chi connectivity index (χ1n) is 1.64. The molecule has 0 N–H and O–H groups in total. The maximum atomic E-state index is 9.65. The minimum atomic E-state index is -0.719. The van der Waals surface area contributed by atoms with Gasteiger partial charge in [0.1, 0.15) is 0 Å². The van der Waals surface area contributed by atoms with Gasteiger partial charge in [-0.3, -0.25) is 0 Å². The fourth-order valence-corrected chi connectivity index (χ4v) is 0.707. The van der Waals surface area contributed by atoms with Crippen molar-refractivity contribution in [2.24, 2.45) is 0 Å². The van der Waals surface area contributed by atoms with Crippen LogP contribution in [-0.2, 0) is 4.79 Å². The van der Waals surface area contributed by atoms with Crippen molar-refractivity contribution in [2.75, 3.05) is 14.1 Å². The van der Waals surface area contributed by atoms with Crippen molar-refractivity contribution in [3.8, 4) is 0 Å². The van der Waals surface area contributed by atoms with Gasteiger partial charge in [-0.15, -0.1) is 0 Å². The summed E-state index contributed by atoms with van der Waals surface area (Å²) >= 11 is -0.719. The zero-order chi connectivity index (χ0) is 4.99. The third-order valence-electron chi connectivity index (χ3n) is 0.311. The third-order valence-corrected chi connectivity index (χ3v) is 2.09. The first kappa shape index (κ1) is 6.43. The molecule has 0 aliphatic carbocycles. The van der Waals surface area contributed by atoms with Gasteiger partial charge in [0, 0.05) is 0 Å². The molecule has 0 unspecified atom stereocenters. The summed E-state index contributed by atoms with van der Waals surface area (Å²) in [5.41, 5.74) is 0. The number of hydrogen-bond donors (Lipinski definition) is 0. The molecule has 0 bridgehead atoms. The van der Waals surface area contributed by atoms with E-state index in [1.807, 2.05) is 17.2 Å². The minimum absolute atomic E-state index is 0.719. The Labute approximate surface area is 48.1 Å². The average molecular weight is 192 g/mol. The van der Waals surface area contributed by atoms with Crippen molar-refractivity contribution < 1.29 is 4.79 Å². The topological polar surface area (TPSA) is 20.3 Å². The second-order valence-electron chi connectivity index (χ2n) is 1.14. The molecule has 34 valence electrons. The van der Waals surface area contributed by atoms with Crippen LogP contribution in [0.4, 0.5) is 0 Å². The Morgan fingerprint density at radius 3 is 2.17 bits per heavy atom. The number of nitrogens with zero attached hydrogens (tertiary/aromatic N) is 1. The molecular formula is C3H7NOSn. The number of carbonyl (C=O) groups is 1. The van der Waals surface area contributed by atoms with Crippen molar-refractivity contribution in [1.82, 2.24) is 3.12 Å². The van der Waals surface area contributed by atoms with Gasteiger partial charge >= 0.3 is 47.7 Å². The Hall–Kier alpha value is 0.429. The number of carbonyl (C=O) groups excluding carboxylic acids is 1. The van der Waals surface area contributed by atoms with Crippen LogP contribution in [0.2, 0.25) is 0 Å². The molecular weight excluding hydrogens is 185 g/mol. The standard InChI is InChI=1S/C2H6N.CHO.Sn/c1-3-2;1-2;/h1-2H3;1H;/q-1;;+1. The van der Waals surface area contributed by atoms with E-state index >= 15 is 0 Å². The monoisotopic (exact) mass is 193 g/mol. The van der Waals surface area contributed by atoms with E-state index < -0.39 is 21.4 Å². The second-order valence-corrected chi connectivity index (χ2v) is 5.10. The second kappa shape index (κ2) is 3.61. The molecule has 0 heterocycles. The van der Waals surface area contributed by atoms with Gasteiger partial charge in [0.25, 0.3) is 0 Å². The van der Waals surface area contributed by atoms with E-state index in [-0.39, 0.29) is 0 Å². The molecule has 0 aromatic carbocycles. The number of hydrogen-bond acceptors (Lipinski definition) is 2. The molecule has 0 fully saturated rings. The first-order chi connectivity index (χ1) is 2.77. The van der Waals surface area contributed by atoms with Crippen molar-refractivity contribution in [2.45, 2.75) is 0 Å². The Bertz CT molecular complexity index is 46.1. The van der Waals surface area contributed by atoms with Gasteiger partial charge in [-0.25, -0.2) is 0 Å². The summed E-state index contributed by atoms with van der Waals surface area (Å²) in [6.45, 7) is 0. The van der Waals surface area contributed by atoms with Gasteiger partial charge in [-0.1, -0.05) is 0 Å². The molecule has 0 aromatic heterocycles. The Kier molecular flexibility index (Phi) is 3.87. The van der Waals surface area contributed by atoms with E-state index in [1.54, 1.807) is 0 Å². The van der Waals surface area contributed by atoms with Crippen molar-refractivity contribution in [1.29, 1.82) is 0 Å². The van der Waals surface area contributed by atoms with Gasteiger partial charge in [0.15, 0.2) is 0 Å². The molecule has 0 aromatic rings. The van der Waals surface area contributed by atoms with Crippen LogP contribution in [0.25, 0.3) is 0 Å². The van der Waals surface area contributed by atoms with Crippen molar-refractivity contribution in [3.05, 3.63) is 0 Å². The fraction of sp³-hybridized carbons (Fsp3) is 0.667. The van der Waals surface area contributed by atoms with Crippen LogP contribution in [0.1, 0.15) is 0 Å². The third kappa shape index (κ3) is 4.43. The molecule has 0 aliphatic rings.